The minimum atomic E-state index is -0.435. The molecule has 0 aliphatic carbocycles. The highest BCUT2D eigenvalue weighted by atomic mass is 16.6. The number of nitrogens with zero attached hydrogens (tertiary/aromatic N) is 3. The average molecular weight is 295 g/mol. The maximum atomic E-state index is 11.3. The molecule has 0 aliphatic rings. The number of aryl methyl sites for hydroxylation is 1. The molecule has 0 unspecified atom stereocenters. The van der Waals surface area contributed by atoms with Crippen LogP contribution in [-0.4, -0.2) is 20.3 Å². The van der Waals surface area contributed by atoms with E-state index >= 15 is 0 Å². The van der Waals surface area contributed by atoms with Gasteiger partial charge in [0.1, 0.15) is 5.82 Å². The van der Waals surface area contributed by atoms with Crippen LogP contribution in [0.4, 0.5) is 5.69 Å². The quantitative estimate of drug-likeness (QED) is 0.421. The Morgan fingerprint density at radius 1 is 1.18 bits per heavy atom. The molecule has 22 heavy (non-hydrogen) atoms. The number of hydrogen-bond acceptors (Lipinski definition) is 4. The van der Waals surface area contributed by atoms with Crippen molar-refractivity contribution < 1.29 is 9.72 Å². The Kier molecular flexibility index (Phi) is 3.21. The van der Waals surface area contributed by atoms with Gasteiger partial charge in [-0.15, -0.1) is 0 Å². The third kappa shape index (κ3) is 2.24. The first kappa shape index (κ1) is 13.9. The summed E-state index contributed by atoms with van der Waals surface area (Å²) in [7, 11) is 0. The summed E-state index contributed by atoms with van der Waals surface area (Å²) in [6.45, 7) is 3.36. The van der Waals surface area contributed by atoms with Crippen LogP contribution in [0.3, 0.4) is 0 Å². The van der Waals surface area contributed by atoms with E-state index in [2.05, 4.69) is 4.98 Å². The summed E-state index contributed by atoms with van der Waals surface area (Å²) in [4.78, 5) is 26.1. The van der Waals surface area contributed by atoms with E-state index in [0.717, 1.165) is 17.0 Å². The summed E-state index contributed by atoms with van der Waals surface area (Å²) in [6.07, 6.45) is 0. The molecule has 0 saturated heterocycles. The first-order valence-electron chi connectivity index (χ1n) is 6.72. The molecule has 1 aromatic heterocycles. The van der Waals surface area contributed by atoms with Gasteiger partial charge in [0.2, 0.25) is 0 Å². The van der Waals surface area contributed by atoms with Crippen LogP contribution in [0.25, 0.3) is 16.7 Å². The minimum absolute atomic E-state index is 0.00869. The van der Waals surface area contributed by atoms with Crippen molar-refractivity contribution in [3.63, 3.8) is 0 Å². The van der Waals surface area contributed by atoms with E-state index in [0.29, 0.717) is 11.1 Å². The molecule has 0 amide bonds. The fraction of sp³-hybridized carbons (Fsp3) is 0.125. The van der Waals surface area contributed by atoms with Crippen LogP contribution in [-0.2, 0) is 0 Å². The SMILES string of the molecule is CC(=O)c1ccc(-n2c(C)nc3cc([N+](=O)[O-])ccc32)cc1. The van der Waals surface area contributed by atoms with Gasteiger partial charge in [-0.25, -0.2) is 4.98 Å². The molecule has 0 aliphatic heterocycles. The number of Topliss-reactive ketones (excluding diaryl/α,β-unsaturated/α-hetero) is 1. The highest BCUT2D eigenvalue weighted by Gasteiger charge is 2.13. The number of carbonyl (C=O) groups is 1. The monoisotopic (exact) mass is 295 g/mol. The molecule has 110 valence electrons. The zero-order valence-corrected chi connectivity index (χ0v) is 12.1. The molecule has 2 aromatic carbocycles. The third-order valence-electron chi connectivity index (χ3n) is 3.55. The normalized spacial score (nSPS) is 10.8. The largest absolute Gasteiger partial charge is 0.297 e. The number of ketones is 1. The number of non-ortho nitro benzene ring substituents is 1. The van der Waals surface area contributed by atoms with Gasteiger partial charge in [0, 0.05) is 23.4 Å². The molecule has 3 rings (SSSR count). The van der Waals surface area contributed by atoms with Gasteiger partial charge < -0.3 is 0 Å². The summed E-state index contributed by atoms with van der Waals surface area (Å²) in [5.41, 5.74) is 2.88. The van der Waals surface area contributed by atoms with Crippen LogP contribution in [0, 0.1) is 17.0 Å². The smallest absolute Gasteiger partial charge is 0.271 e. The third-order valence-corrected chi connectivity index (χ3v) is 3.55. The second-order valence-electron chi connectivity index (χ2n) is 5.03. The predicted molar refractivity (Wildman–Crippen MR) is 82.5 cm³/mol. The fourth-order valence-corrected chi connectivity index (χ4v) is 2.47. The molecule has 1 heterocycles. The highest BCUT2D eigenvalue weighted by Crippen LogP contribution is 2.25. The molecule has 0 radical (unpaired) electrons. The minimum Gasteiger partial charge on any atom is -0.297 e. The number of aromatic nitrogens is 2. The standard InChI is InChI=1S/C16H13N3O3/c1-10(20)12-3-5-13(6-4-12)18-11(2)17-15-9-14(19(21)22)7-8-16(15)18/h3-9H,1-2H3. The Morgan fingerprint density at radius 2 is 1.86 bits per heavy atom. The summed E-state index contributed by atoms with van der Waals surface area (Å²) in [6, 6.07) is 11.8. The number of rotatable bonds is 3. The van der Waals surface area contributed by atoms with E-state index in [1.54, 1.807) is 18.2 Å². The molecular formula is C16H13N3O3. The summed E-state index contributed by atoms with van der Waals surface area (Å²) >= 11 is 0. The lowest BCUT2D eigenvalue weighted by Gasteiger charge is -2.07. The van der Waals surface area contributed by atoms with Gasteiger partial charge in [-0.2, -0.15) is 0 Å². The molecule has 6 nitrogen and oxygen atoms in total. The number of nitro groups is 1. The highest BCUT2D eigenvalue weighted by molar-refractivity contribution is 5.94. The summed E-state index contributed by atoms with van der Waals surface area (Å²) in [5.74, 6) is 0.737. The van der Waals surface area contributed by atoms with Crippen LogP contribution < -0.4 is 0 Å². The second kappa shape index (κ2) is 5.07. The molecule has 6 heteroatoms. The molecule has 0 bridgehead atoms. The lowest BCUT2D eigenvalue weighted by Crippen LogP contribution is -1.98. The van der Waals surface area contributed by atoms with Crippen molar-refractivity contribution in [1.82, 2.24) is 9.55 Å². The number of imidazole rings is 1. The topological polar surface area (TPSA) is 78.0 Å². The lowest BCUT2D eigenvalue weighted by atomic mass is 10.1. The number of carbonyl (C=O) groups excluding carboxylic acids is 1. The van der Waals surface area contributed by atoms with Gasteiger partial charge in [0.25, 0.3) is 5.69 Å². The first-order valence-corrected chi connectivity index (χ1v) is 6.72. The van der Waals surface area contributed by atoms with E-state index in [1.165, 1.54) is 19.1 Å². The van der Waals surface area contributed by atoms with Crippen molar-refractivity contribution in [3.8, 4) is 5.69 Å². The van der Waals surface area contributed by atoms with Crippen LogP contribution in [0.15, 0.2) is 42.5 Å². The van der Waals surface area contributed by atoms with E-state index < -0.39 is 4.92 Å². The van der Waals surface area contributed by atoms with E-state index in [9.17, 15) is 14.9 Å². The van der Waals surface area contributed by atoms with Crippen molar-refractivity contribution in [2.75, 3.05) is 0 Å². The van der Waals surface area contributed by atoms with E-state index in [-0.39, 0.29) is 11.5 Å². The second-order valence-corrected chi connectivity index (χ2v) is 5.03. The van der Waals surface area contributed by atoms with Gasteiger partial charge in [-0.1, -0.05) is 0 Å². The molecular weight excluding hydrogens is 282 g/mol. The maximum absolute atomic E-state index is 11.3. The Hall–Kier alpha value is -3.02. The Morgan fingerprint density at radius 3 is 2.45 bits per heavy atom. The number of nitro benzene ring substituents is 1. The van der Waals surface area contributed by atoms with Crippen LogP contribution in [0.2, 0.25) is 0 Å². The number of hydrogen-bond donors (Lipinski definition) is 0. The Labute approximate surface area is 126 Å². The molecule has 0 saturated carbocycles. The van der Waals surface area contributed by atoms with Crippen molar-refractivity contribution in [2.45, 2.75) is 13.8 Å². The molecule has 0 fully saturated rings. The molecule has 0 spiro atoms. The van der Waals surface area contributed by atoms with Crippen LogP contribution in [0.5, 0.6) is 0 Å². The number of benzene rings is 2. The molecule has 0 atom stereocenters. The lowest BCUT2D eigenvalue weighted by molar-refractivity contribution is -0.384. The van der Waals surface area contributed by atoms with E-state index in [4.69, 9.17) is 0 Å². The zero-order valence-electron chi connectivity index (χ0n) is 12.1. The maximum Gasteiger partial charge on any atom is 0.271 e. The van der Waals surface area contributed by atoms with Gasteiger partial charge in [-0.05, 0) is 44.2 Å². The Bertz CT molecular complexity index is 895. The van der Waals surface area contributed by atoms with Crippen molar-refractivity contribution in [3.05, 3.63) is 64.0 Å². The van der Waals surface area contributed by atoms with Gasteiger partial charge in [0.15, 0.2) is 5.78 Å². The van der Waals surface area contributed by atoms with E-state index in [1.807, 2.05) is 23.6 Å². The molecule has 0 N–H and O–H groups in total. The first-order chi connectivity index (χ1) is 10.5. The van der Waals surface area contributed by atoms with Crippen molar-refractivity contribution in [1.29, 1.82) is 0 Å². The summed E-state index contributed by atoms with van der Waals surface area (Å²) < 4.78 is 1.91. The van der Waals surface area contributed by atoms with Gasteiger partial charge in [-0.3, -0.25) is 19.5 Å². The van der Waals surface area contributed by atoms with Crippen molar-refractivity contribution in [2.24, 2.45) is 0 Å². The van der Waals surface area contributed by atoms with Crippen LogP contribution >= 0.6 is 0 Å². The summed E-state index contributed by atoms with van der Waals surface area (Å²) in [5, 5.41) is 10.8. The van der Waals surface area contributed by atoms with Crippen LogP contribution in [0.1, 0.15) is 23.1 Å². The Balaban J connectivity index is 2.16. The molecule has 3 aromatic rings. The average Bonchev–Trinajstić information content (AvgIpc) is 2.82. The predicted octanol–water partition coefficient (Wildman–Crippen LogP) is 3.44. The van der Waals surface area contributed by atoms with Crippen molar-refractivity contribution >= 4 is 22.5 Å². The van der Waals surface area contributed by atoms with Gasteiger partial charge >= 0.3 is 0 Å². The van der Waals surface area contributed by atoms with Gasteiger partial charge in [0.05, 0.1) is 16.0 Å². The fourth-order valence-electron chi connectivity index (χ4n) is 2.47. The number of fused-ring (bicyclic) bond motifs is 1. The zero-order chi connectivity index (χ0) is 15.9.